The number of carbonyl (C=O) groups excluding carboxylic acids is 2. The number of anilines is 1. The Labute approximate surface area is 328 Å². The monoisotopic (exact) mass is 791 g/mol. The number of ether oxygens (including phenoxy) is 13. The number of carbonyl (C=O) groups is 2. The van der Waals surface area contributed by atoms with Crippen molar-refractivity contribution in [2.24, 2.45) is 0 Å². The molecule has 0 saturated carbocycles. The van der Waals surface area contributed by atoms with Crippen molar-refractivity contribution in [1.82, 2.24) is 0 Å². The molecule has 0 aromatic heterocycles. The van der Waals surface area contributed by atoms with E-state index >= 15 is 0 Å². The molecule has 0 aliphatic rings. The smallest absolute Gasteiger partial charge is 0.305 e. The second-order valence-corrected chi connectivity index (χ2v) is 11.8. The van der Waals surface area contributed by atoms with Gasteiger partial charge in [0.2, 0.25) is 5.91 Å². The summed E-state index contributed by atoms with van der Waals surface area (Å²) in [6, 6.07) is 7.17. The van der Waals surface area contributed by atoms with Gasteiger partial charge in [0.1, 0.15) is 19.0 Å². The molecule has 0 saturated heterocycles. The molecule has 16 heteroatoms. The largest absolute Gasteiger partial charge is 0.491 e. The molecule has 1 aromatic carbocycles. The van der Waals surface area contributed by atoms with Crippen molar-refractivity contribution in [2.75, 3.05) is 164 Å². The van der Waals surface area contributed by atoms with Crippen LogP contribution in [0.4, 0.5) is 5.69 Å². The van der Waals surface area contributed by atoms with Crippen molar-refractivity contribution in [3.63, 3.8) is 0 Å². The van der Waals surface area contributed by atoms with E-state index in [1.165, 1.54) is 6.92 Å². The maximum atomic E-state index is 11.6. The van der Waals surface area contributed by atoms with Gasteiger partial charge in [-0.2, -0.15) is 0 Å². The maximum absolute atomic E-state index is 11.6. The zero-order valence-corrected chi connectivity index (χ0v) is 33.4. The molecule has 1 aromatic rings. The molecule has 0 aliphatic heterocycles. The lowest BCUT2D eigenvalue weighted by Crippen LogP contribution is -2.16. The zero-order chi connectivity index (χ0) is 39.5. The molecule has 0 unspecified atom stereocenters. The van der Waals surface area contributed by atoms with E-state index in [1.54, 1.807) is 24.3 Å². The normalized spacial score (nSPS) is 11.2. The first-order valence-corrected chi connectivity index (χ1v) is 19.6. The first-order valence-electron chi connectivity index (χ1n) is 19.6. The topological polar surface area (TPSA) is 166 Å². The molecule has 16 nitrogen and oxygen atoms in total. The summed E-state index contributed by atoms with van der Waals surface area (Å²) < 4.78 is 71.0. The predicted molar refractivity (Wildman–Crippen MR) is 205 cm³/mol. The zero-order valence-electron chi connectivity index (χ0n) is 33.4. The van der Waals surface area contributed by atoms with Crippen molar-refractivity contribution >= 4 is 17.6 Å². The van der Waals surface area contributed by atoms with Crippen LogP contribution in [0.3, 0.4) is 0 Å². The Bertz CT molecular complexity index is 973. The molecule has 0 heterocycles. The van der Waals surface area contributed by atoms with Crippen LogP contribution in [0, 0.1) is 0 Å². The number of amides is 1. The number of unbranched alkanes of at least 4 members (excludes halogenated alkanes) is 3. The summed E-state index contributed by atoms with van der Waals surface area (Å²) >= 11 is 0. The van der Waals surface area contributed by atoms with E-state index in [0.29, 0.717) is 164 Å². The number of esters is 1. The minimum atomic E-state index is -0.156. The van der Waals surface area contributed by atoms with E-state index < -0.39 is 0 Å². The average Bonchev–Trinajstić information content (AvgIpc) is 3.18. The lowest BCUT2D eigenvalue weighted by atomic mass is 10.2. The number of nitrogens with one attached hydrogen (secondary N) is 1. The molecule has 55 heavy (non-hydrogen) atoms. The summed E-state index contributed by atoms with van der Waals surface area (Å²) in [6.45, 7) is 14.8. The minimum absolute atomic E-state index is 0.111. The number of hydrogen-bond acceptors (Lipinski definition) is 15. The average molecular weight is 792 g/mol. The quantitative estimate of drug-likeness (QED) is 0.0751. The second kappa shape index (κ2) is 41.2. The molecular weight excluding hydrogens is 722 g/mol. The third-order valence-electron chi connectivity index (χ3n) is 7.12. The van der Waals surface area contributed by atoms with E-state index in [9.17, 15) is 9.59 Å². The van der Waals surface area contributed by atoms with Gasteiger partial charge in [0.25, 0.3) is 0 Å². The number of benzene rings is 1. The van der Waals surface area contributed by atoms with Gasteiger partial charge in [0, 0.05) is 19.0 Å². The summed E-state index contributed by atoms with van der Waals surface area (Å²) in [5.74, 6) is 0.446. The number of rotatable bonds is 43. The van der Waals surface area contributed by atoms with E-state index in [0.717, 1.165) is 31.4 Å². The van der Waals surface area contributed by atoms with Crippen LogP contribution in [0.15, 0.2) is 24.3 Å². The Balaban J connectivity index is 1.65. The van der Waals surface area contributed by atoms with Gasteiger partial charge < -0.3 is 66.9 Å². The van der Waals surface area contributed by atoms with Crippen molar-refractivity contribution in [1.29, 1.82) is 0 Å². The van der Waals surface area contributed by atoms with Gasteiger partial charge in [-0.05, 0) is 30.7 Å². The Morgan fingerprint density at radius 1 is 0.436 bits per heavy atom. The van der Waals surface area contributed by atoms with Gasteiger partial charge in [-0.1, -0.05) is 26.2 Å². The molecule has 0 spiro atoms. The van der Waals surface area contributed by atoms with Crippen LogP contribution in [-0.4, -0.2) is 170 Å². The van der Waals surface area contributed by atoms with Gasteiger partial charge in [0.05, 0.1) is 145 Å². The molecule has 0 radical (unpaired) electrons. The van der Waals surface area contributed by atoms with Crippen LogP contribution < -0.4 is 10.1 Å². The fourth-order valence-electron chi connectivity index (χ4n) is 4.34. The molecule has 320 valence electrons. The van der Waals surface area contributed by atoms with E-state index in [2.05, 4.69) is 12.2 Å². The summed E-state index contributed by atoms with van der Waals surface area (Å²) in [7, 11) is 0. The van der Waals surface area contributed by atoms with Crippen molar-refractivity contribution < 1.29 is 71.2 Å². The van der Waals surface area contributed by atoms with Crippen LogP contribution in [0.1, 0.15) is 46.0 Å². The van der Waals surface area contributed by atoms with Gasteiger partial charge in [-0.3, -0.25) is 9.59 Å². The predicted octanol–water partition coefficient (Wildman–Crippen LogP) is 3.72. The van der Waals surface area contributed by atoms with Crippen molar-refractivity contribution in [2.45, 2.75) is 46.0 Å². The van der Waals surface area contributed by atoms with Crippen LogP contribution in [0.5, 0.6) is 5.75 Å². The number of hydrogen-bond donors (Lipinski definition) is 1. The third-order valence-corrected chi connectivity index (χ3v) is 7.12. The van der Waals surface area contributed by atoms with Crippen molar-refractivity contribution in [3.8, 4) is 5.75 Å². The molecule has 0 aliphatic carbocycles. The molecule has 0 fully saturated rings. The molecule has 0 atom stereocenters. The highest BCUT2D eigenvalue weighted by atomic mass is 16.6. The summed E-state index contributed by atoms with van der Waals surface area (Å²) in [5, 5.41) is 2.71. The van der Waals surface area contributed by atoms with Crippen LogP contribution in [0.2, 0.25) is 0 Å². The minimum Gasteiger partial charge on any atom is -0.491 e. The van der Waals surface area contributed by atoms with Gasteiger partial charge in [0.15, 0.2) is 0 Å². The maximum Gasteiger partial charge on any atom is 0.305 e. The fraction of sp³-hybridized carbons (Fsp3) is 0.795. The highest BCUT2D eigenvalue weighted by Crippen LogP contribution is 2.15. The van der Waals surface area contributed by atoms with Crippen molar-refractivity contribution in [3.05, 3.63) is 24.3 Å². The molecule has 1 N–H and O–H groups in total. The Hall–Kier alpha value is -2.48. The third kappa shape index (κ3) is 38.2. The first kappa shape index (κ1) is 50.5. The Morgan fingerprint density at radius 2 is 0.764 bits per heavy atom. The summed E-state index contributed by atoms with van der Waals surface area (Å²) in [6.07, 6.45) is 4.74. The summed E-state index contributed by atoms with van der Waals surface area (Å²) in [4.78, 5) is 22.6. The van der Waals surface area contributed by atoms with Gasteiger partial charge in [-0.25, -0.2) is 0 Å². The molecular formula is C39H69NO15. The first-order chi connectivity index (χ1) is 27.1. The molecule has 1 amide bonds. The Morgan fingerprint density at radius 3 is 1.09 bits per heavy atom. The fourth-order valence-corrected chi connectivity index (χ4v) is 4.34. The van der Waals surface area contributed by atoms with Crippen LogP contribution in [0.25, 0.3) is 0 Å². The second-order valence-electron chi connectivity index (χ2n) is 11.8. The highest BCUT2D eigenvalue weighted by Gasteiger charge is 2.03. The SMILES string of the molecule is CCCCCCC(=O)OCCOCCOCCOCCOCCOCCOCCOCCOCCOCCOCCOCCOc1ccc(NC(C)=O)cc1. The molecule has 1 rings (SSSR count). The Kier molecular flexibility index (Phi) is 37.8. The van der Waals surface area contributed by atoms with E-state index in [4.69, 9.17) is 61.6 Å². The lowest BCUT2D eigenvalue weighted by Gasteiger charge is -2.09. The standard InChI is InChI=1S/C39H69NO15/c1-3-4-5-6-7-39(42)55-35-33-53-31-29-51-27-25-49-23-21-47-19-17-45-15-13-43-12-14-44-16-18-46-20-22-48-24-26-50-28-30-52-32-34-54-38-10-8-37(9-11-38)40-36(2)41/h8-11H,3-7,12-35H2,1-2H3,(H,40,41). The highest BCUT2D eigenvalue weighted by molar-refractivity contribution is 5.88. The summed E-state index contributed by atoms with van der Waals surface area (Å²) in [5.41, 5.74) is 0.728. The van der Waals surface area contributed by atoms with Gasteiger partial charge >= 0.3 is 5.97 Å². The van der Waals surface area contributed by atoms with Gasteiger partial charge in [-0.15, -0.1) is 0 Å². The lowest BCUT2D eigenvalue weighted by molar-refractivity contribution is -0.145. The van der Waals surface area contributed by atoms with Crippen LogP contribution in [-0.2, 0) is 66.4 Å². The van der Waals surface area contributed by atoms with Crippen LogP contribution >= 0.6 is 0 Å². The van der Waals surface area contributed by atoms with E-state index in [1.807, 2.05) is 0 Å². The van der Waals surface area contributed by atoms with E-state index in [-0.39, 0.29) is 18.5 Å². The molecule has 0 bridgehead atoms.